The standard InChI is InChI=1S/C16H19N5O2S/c1-12-9-13(10-17)3-4-15(12)24(22,23)21-8-5-18-11-14(21)16-19-6-7-20(16)2/h3-4,6-7,9,14,18H,5,8,11H2,1-2H3. The molecular weight excluding hydrogens is 326 g/mol. The maximum atomic E-state index is 13.2. The SMILES string of the molecule is Cc1cc(C#N)ccc1S(=O)(=O)N1CCNCC1c1nccn1C. The molecule has 0 spiro atoms. The second-order valence-electron chi connectivity index (χ2n) is 5.82. The number of hydrogen-bond donors (Lipinski definition) is 1. The fourth-order valence-corrected chi connectivity index (χ4v) is 4.82. The molecule has 0 aliphatic carbocycles. The highest BCUT2D eigenvalue weighted by molar-refractivity contribution is 7.89. The van der Waals surface area contributed by atoms with Crippen LogP contribution in [0.2, 0.25) is 0 Å². The van der Waals surface area contributed by atoms with Crippen molar-refractivity contribution in [3.8, 4) is 6.07 Å². The van der Waals surface area contributed by atoms with Gasteiger partial charge in [-0.25, -0.2) is 13.4 Å². The van der Waals surface area contributed by atoms with Gasteiger partial charge in [-0.2, -0.15) is 9.57 Å². The topological polar surface area (TPSA) is 91.0 Å². The molecule has 0 radical (unpaired) electrons. The molecule has 1 saturated heterocycles. The molecule has 0 amide bonds. The fraction of sp³-hybridized carbons (Fsp3) is 0.375. The highest BCUT2D eigenvalue weighted by Gasteiger charge is 2.36. The lowest BCUT2D eigenvalue weighted by molar-refractivity contribution is 0.258. The Kier molecular flexibility index (Phi) is 4.41. The number of hydrogen-bond acceptors (Lipinski definition) is 5. The molecule has 1 fully saturated rings. The number of aromatic nitrogens is 2. The van der Waals surface area contributed by atoms with Gasteiger partial charge in [0.2, 0.25) is 10.0 Å². The van der Waals surface area contributed by atoms with Gasteiger partial charge in [0.05, 0.1) is 22.6 Å². The first-order chi connectivity index (χ1) is 11.4. The largest absolute Gasteiger partial charge is 0.337 e. The molecular formula is C16H19N5O2S. The smallest absolute Gasteiger partial charge is 0.244 e. The lowest BCUT2D eigenvalue weighted by atomic mass is 10.2. The predicted molar refractivity (Wildman–Crippen MR) is 88.6 cm³/mol. The van der Waals surface area contributed by atoms with Crippen molar-refractivity contribution in [2.75, 3.05) is 19.6 Å². The number of piperazine rings is 1. The van der Waals surface area contributed by atoms with Crippen molar-refractivity contribution >= 4 is 10.0 Å². The van der Waals surface area contributed by atoms with Crippen LogP contribution in [0.15, 0.2) is 35.5 Å². The summed E-state index contributed by atoms with van der Waals surface area (Å²) in [5.74, 6) is 0.706. The first-order valence-corrected chi connectivity index (χ1v) is 9.09. The molecule has 1 unspecified atom stereocenters. The van der Waals surface area contributed by atoms with Crippen LogP contribution in [0.3, 0.4) is 0 Å². The minimum Gasteiger partial charge on any atom is -0.337 e. The molecule has 1 aliphatic heterocycles. The van der Waals surface area contributed by atoms with E-state index in [1.165, 1.54) is 16.4 Å². The second kappa shape index (κ2) is 6.36. The van der Waals surface area contributed by atoms with Crippen molar-refractivity contribution in [2.45, 2.75) is 17.9 Å². The van der Waals surface area contributed by atoms with E-state index in [1.807, 2.05) is 23.9 Å². The van der Waals surface area contributed by atoms with Crippen molar-refractivity contribution in [3.63, 3.8) is 0 Å². The third-order valence-electron chi connectivity index (χ3n) is 4.24. The Bertz CT molecular complexity index is 897. The van der Waals surface area contributed by atoms with Crippen LogP contribution in [0, 0.1) is 18.3 Å². The molecule has 1 N–H and O–H groups in total. The number of imidazole rings is 1. The molecule has 7 nitrogen and oxygen atoms in total. The number of benzene rings is 1. The molecule has 3 rings (SSSR count). The van der Waals surface area contributed by atoms with E-state index in [4.69, 9.17) is 5.26 Å². The highest BCUT2D eigenvalue weighted by Crippen LogP contribution is 2.29. The van der Waals surface area contributed by atoms with Gasteiger partial charge in [-0.3, -0.25) is 0 Å². The maximum absolute atomic E-state index is 13.2. The summed E-state index contributed by atoms with van der Waals surface area (Å²) in [4.78, 5) is 4.56. The third-order valence-corrected chi connectivity index (χ3v) is 6.31. The van der Waals surface area contributed by atoms with Gasteiger partial charge in [0.15, 0.2) is 0 Å². The third kappa shape index (κ3) is 2.82. The van der Waals surface area contributed by atoms with E-state index < -0.39 is 10.0 Å². The molecule has 1 aromatic carbocycles. The number of sulfonamides is 1. The maximum Gasteiger partial charge on any atom is 0.244 e. The monoisotopic (exact) mass is 345 g/mol. The Morgan fingerprint density at radius 1 is 1.42 bits per heavy atom. The minimum atomic E-state index is -3.68. The minimum absolute atomic E-state index is 0.239. The van der Waals surface area contributed by atoms with E-state index in [0.29, 0.717) is 36.6 Å². The van der Waals surface area contributed by atoms with Gasteiger partial charge in [0.25, 0.3) is 0 Å². The molecule has 126 valence electrons. The fourth-order valence-electron chi connectivity index (χ4n) is 3.03. The normalized spacial score (nSPS) is 19.1. The molecule has 0 bridgehead atoms. The Labute approximate surface area is 141 Å². The van der Waals surface area contributed by atoms with Crippen molar-refractivity contribution in [1.82, 2.24) is 19.2 Å². The first-order valence-electron chi connectivity index (χ1n) is 7.65. The first kappa shape index (κ1) is 16.6. The predicted octanol–water partition coefficient (Wildman–Crippen LogP) is 0.935. The molecule has 0 saturated carbocycles. The summed E-state index contributed by atoms with van der Waals surface area (Å²) in [6, 6.07) is 6.33. The Hall–Kier alpha value is -2.21. The molecule has 8 heteroatoms. The zero-order valence-corrected chi connectivity index (χ0v) is 14.4. The summed E-state index contributed by atoms with van der Waals surface area (Å²) in [5, 5.41) is 12.2. The van der Waals surface area contributed by atoms with Crippen molar-refractivity contribution < 1.29 is 8.42 Å². The average Bonchev–Trinajstić information content (AvgIpc) is 3.00. The lowest BCUT2D eigenvalue weighted by Gasteiger charge is -2.35. The molecule has 1 aliphatic rings. The van der Waals surface area contributed by atoms with Crippen molar-refractivity contribution in [2.24, 2.45) is 7.05 Å². The van der Waals surface area contributed by atoms with Crippen molar-refractivity contribution in [3.05, 3.63) is 47.5 Å². The second-order valence-corrected chi connectivity index (χ2v) is 7.68. The van der Waals surface area contributed by atoms with Crippen LogP contribution in [-0.2, 0) is 17.1 Å². The highest BCUT2D eigenvalue weighted by atomic mass is 32.2. The summed E-state index contributed by atoms with van der Waals surface area (Å²) in [6.45, 7) is 3.19. The zero-order chi connectivity index (χ0) is 17.3. The van der Waals surface area contributed by atoms with Crippen LogP contribution in [0.25, 0.3) is 0 Å². The van der Waals surface area contributed by atoms with Gasteiger partial charge in [0, 0.05) is 39.1 Å². The molecule has 2 aromatic rings. The van der Waals surface area contributed by atoms with Gasteiger partial charge in [-0.15, -0.1) is 0 Å². The Morgan fingerprint density at radius 3 is 2.83 bits per heavy atom. The van der Waals surface area contributed by atoms with E-state index in [2.05, 4.69) is 10.3 Å². The number of aryl methyl sites for hydroxylation is 2. The van der Waals surface area contributed by atoms with Crippen LogP contribution < -0.4 is 5.32 Å². The van der Waals surface area contributed by atoms with Gasteiger partial charge < -0.3 is 9.88 Å². The average molecular weight is 345 g/mol. The van der Waals surface area contributed by atoms with E-state index in [0.717, 1.165) is 0 Å². The van der Waals surface area contributed by atoms with Gasteiger partial charge in [0.1, 0.15) is 5.82 Å². The van der Waals surface area contributed by atoms with Crippen LogP contribution in [0.4, 0.5) is 0 Å². The van der Waals surface area contributed by atoms with E-state index in [-0.39, 0.29) is 10.9 Å². The zero-order valence-electron chi connectivity index (χ0n) is 13.6. The summed E-state index contributed by atoms with van der Waals surface area (Å²) >= 11 is 0. The number of nitrogens with zero attached hydrogens (tertiary/aromatic N) is 4. The van der Waals surface area contributed by atoms with E-state index in [1.54, 1.807) is 19.2 Å². The summed E-state index contributed by atoms with van der Waals surface area (Å²) in [6.07, 6.45) is 3.48. The number of rotatable bonds is 3. The van der Waals surface area contributed by atoms with Gasteiger partial charge >= 0.3 is 0 Å². The molecule has 1 aromatic heterocycles. The van der Waals surface area contributed by atoms with Crippen LogP contribution in [0.1, 0.15) is 23.0 Å². The Morgan fingerprint density at radius 2 is 2.21 bits per heavy atom. The summed E-state index contributed by atoms with van der Waals surface area (Å²) in [5.41, 5.74) is 1.03. The lowest BCUT2D eigenvalue weighted by Crippen LogP contribution is -2.49. The summed E-state index contributed by atoms with van der Waals surface area (Å²) in [7, 11) is -1.82. The van der Waals surface area contributed by atoms with Crippen LogP contribution in [-0.4, -0.2) is 41.9 Å². The Balaban J connectivity index is 2.04. The van der Waals surface area contributed by atoms with E-state index in [9.17, 15) is 8.42 Å². The van der Waals surface area contributed by atoms with E-state index >= 15 is 0 Å². The summed E-state index contributed by atoms with van der Waals surface area (Å²) < 4.78 is 29.7. The van der Waals surface area contributed by atoms with Crippen LogP contribution >= 0.6 is 0 Å². The molecule has 2 heterocycles. The van der Waals surface area contributed by atoms with Gasteiger partial charge in [-0.1, -0.05) is 0 Å². The quantitative estimate of drug-likeness (QED) is 0.894. The number of nitriles is 1. The molecule has 24 heavy (non-hydrogen) atoms. The number of nitrogens with one attached hydrogen (secondary N) is 1. The van der Waals surface area contributed by atoms with Crippen LogP contribution in [0.5, 0.6) is 0 Å². The molecule has 1 atom stereocenters. The van der Waals surface area contributed by atoms with Crippen molar-refractivity contribution in [1.29, 1.82) is 5.26 Å². The van der Waals surface area contributed by atoms with Gasteiger partial charge in [-0.05, 0) is 30.7 Å².